The Balaban J connectivity index is 3.03. The fourth-order valence-corrected chi connectivity index (χ4v) is 1.06. The highest BCUT2D eigenvalue weighted by atomic mass is 16.5. The second-order valence-corrected chi connectivity index (χ2v) is 3.17. The fourth-order valence-electron chi connectivity index (χ4n) is 1.06. The maximum Gasteiger partial charge on any atom is 0.308 e. The average Bonchev–Trinajstić information content (AvgIpc) is 2.17. The lowest BCUT2D eigenvalue weighted by Crippen LogP contribution is -2.14. The molecule has 0 aliphatic rings. The van der Waals surface area contributed by atoms with E-state index in [2.05, 4.69) is 9.97 Å². The van der Waals surface area contributed by atoms with E-state index in [0.29, 0.717) is 17.4 Å². The first kappa shape index (κ1) is 11.2. The van der Waals surface area contributed by atoms with Gasteiger partial charge >= 0.3 is 5.97 Å². The minimum absolute atomic E-state index is 0.142. The molecule has 1 rings (SSSR count). The van der Waals surface area contributed by atoms with Crippen LogP contribution in [0.1, 0.15) is 5.56 Å². The molecule has 1 N–H and O–H groups in total. The normalized spacial score (nSPS) is 9.80. The van der Waals surface area contributed by atoms with Crippen molar-refractivity contribution in [1.82, 2.24) is 9.97 Å². The maximum atomic E-state index is 10.5. The number of carboxylic acids is 1. The third-order valence-electron chi connectivity index (χ3n) is 1.75. The summed E-state index contributed by atoms with van der Waals surface area (Å²) in [6.07, 6.45) is 1.33. The molecule has 15 heavy (non-hydrogen) atoms. The van der Waals surface area contributed by atoms with E-state index in [1.54, 1.807) is 19.0 Å². The van der Waals surface area contributed by atoms with Gasteiger partial charge in [0.15, 0.2) is 0 Å². The summed E-state index contributed by atoms with van der Waals surface area (Å²) in [7, 11) is 5.05. The van der Waals surface area contributed by atoms with E-state index in [4.69, 9.17) is 9.84 Å². The fraction of sp³-hybridized carbons (Fsp3) is 0.444. The molecule has 0 bridgehead atoms. The number of aromatic nitrogens is 2. The van der Waals surface area contributed by atoms with E-state index in [1.807, 2.05) is 0 Å². The maximum absolute atomic E-state index is 10.5. The van der Waals surface area contributed by atoms with Crippen molar-refractivity contribution in [1.29, 1.82) is 0 Å². The third kappa shape index (κ3) is 2.80. The minimum Gasteiger partial charge on any atom is -0.481 e. The zero-order chi connectivity index (χ0) is 11.4. The molecule has 6 nitrogen and oxygen atoms in total. The van der Waals surface area contributed by atoms with E-state index in [9.17, 15) is 4.79 Å². The van der Waals surface area contributed by atoms with Gasteiger partial charge in [-0.25, -0.2) is 4.98 Å². The van der Waals surface area contributed by atoms with Gasteiger partial charge in [0.1, 0.15) is 0 Å². The molecule has 0 spiro atoms. The van der Waals surface area contributed by atoms with Gasteiger partial charge in [0.05, 0.1) is 13.5 Å². The zero-order valence-corrected chi connectivity index (χ0v) is 8.89. The number of ether oxygens (including phenoxy) is 1. The number of nitrogens with zero attached hydrogens (tertiary/aromatic N) is 3. The summed E-state index contributed by atoms with van der Waals surface area (Å²) in [4.78, 5) is 20.3. The number of hydrogen-bond donors (Lipinski definition) is 1. The Hall–Kier alpha value is -1.85. The van der Waals surface area contributed by atoms with Crippen LogP contribution in [0.2, 0.25) is 0 Å². The standard InChI is InChI=1S/C9H13N3O3/c1-12(2)9-10-5-6(4-7(13)14)8(11-9)15-3/h5H,4H2,1-3H3,(H,13,14). The van der Waals surface area contributed by atoms with E-state index in [-0.39, 0.29) is 6.42 Å². The van der Waals surface area contributed by atoms with E-state index in [0.717, 1.165) is 0 Å². The third-order valence-corrected chi connectivity index (χ3v) is 1.75. The monoisotopic (exact) mass is 211 g/mol. The number of methoxy groups -OCH3 is 1. The molecule has 6 heteroatoms. The second-order valence-electron chi connectivity index (χ2n) is 3.17. The SMILES string of the molecule is COc1nc(N(C)C)ncc1CC(=O)O. The highest BCUT2D eigenvalue weighted by molar-refractivity contribution is 5.70. The molecule has 0 saturated carbocycles. The van der Waals surface area contributed by atoms with Gasteiger partial charge in [-0.15, -0.1) is 0 Å². The number of aliphatic carboxylic acids is 1. The summed E-state index contributed by atoms with van der Waals surface area (Å²) in [6, 6.07) is 0. The van der Waals surface area contributed by atoms with Crippen LogP contribution in [-0.2, 0) is 11.2 Å². The van der Waals surface area contributed by atoms with Gasteiger partial charge in [-0.1, -0.05) is 0 Å². The smallest absolute Gasteiger partial charge is 0.308 e. The number of hydrogen-bond acceptors (Lipinski definition) is 5. The van der Waals surface area contributed by atoms with E-state index >= 15 is 0 Å². The molecule has 0 saturated heterocycles. The van der Waals surface area contributed by atoms with E-state index < -0.39 is 5.97 Å². The molecule has 0 aliphatic carbocycles. The van der Waals surface area contributed by atoms with Crippen LogP contribution >= 0.6 is 0 Å². The van der Waals surface area contributed by atoms with Crippen LogP contribution in [0.15, 0.2) is 6.20 Å². The van der Waals surface area contributed by atoms with Crippen molar-refractivity contribution in [2.24, 2.45) is 0 Å². The second kappa shape index (κ2) is 4.59. The van der Waals surface area contributed by atoms with Gasteiger partial charge in [-0.3, -0.25) is 4.79 Å². The van der Waals surface area contributed by atoms with Crippen molar-refractivity contribution in [2.75, 3.05) is 26.1 Å². The summed E-state index contributed by atoms with van der Waals surface area (Å²) in [5.74, 6) is -0.147. The quantitative estimate of drug-likeness (QED) is 0.765. The lowest BCUT2D eigenvalue weighted by atomic mass is 10.2. The van der Waals surface area contributed by atoms with Gasteiger partial charge in [-0.05, 0) is 0 Å². The van der Waals surface area contributed by atoms with Gasteiger partial charge in [-0.2, -0.15) is 4.98 Å². The Kier molecular flexibility index (Phi) is 3.43. The van der Waals surface area contributed by atoms with Crippen molar-refractivity contribution in [3.8, 4) is 5.88 Å². The molecule has 0 fully saturated rings. The summed E-state index contributed by atoms with van der Waals surface area (Å²) in [5.41, 5.74) is 0.468. The molecule has 0 radical (unpaired) electrons. The molecule has 0 unspecified atom stereocenters. The van der Waals surface area contributed by atoms with Crippen molar-refractivity contribution >= 4 is 11.9 Å². The summed E-state index contributed by atoms with van der Waals surface area (Å²) in [6.45, 7) is 0. The highest BCUT2D eigenvalue weighted by Crippen LogP contribution is 2.17. The van der Waals surface area contributed by atoms with Gasteiger partial charge in [0.2, 0.25) is 11.8 Å². The lowest BCUT2D eigenvalue weighted by Gasteiger charge is -2.12. The first-order chi connectivity index (χ1) is 7.04. The average molecular weight is 211 g/mol. The summed E-state index contributed by atoms with van der Waals surface area (Å²) < 4.78 is 5.00. The Bertz CT molecular complexity index is 366. The summed E-state index contributed by atoms with van der Waals surface area (Å²) >= 11 is 0. The van der Waals surface area contributed by atoms with Crippen LogP contribution in [0, 0.1) is 0 Å². The van der Waals surface area contributed by atoms with Crippen LogP contribution in [0.5, 0.6) is 5.88 Å². The van der Waals surface area contributed by atoms with Gasteiger partial charge < -0.3 is 14.7 Å². The van der Waals surface area contributed by atoms with Crippen molar-refractivity contribution in [2.45, 2.75) is 6.42 Å². The largest absolute Gasteiger partial charge is 0.481 e. The highest BCUT2D eigenvalue weighted by Gasteiger charge is 2.11. The van der Waals surface area contributed by atoms with E-state index in [1.165, 1.54) is 13.3 Å². The van der Waals surface area contributed by atoms with Crippen molar-refractivity contribution in [3.63, 3.8) is 0 Å². The van der Waals surface area contributed by atoms with Crippen LogP contribution in [0.25, 0.3) is 0 Å². The number of rotatable bonds is 4. The zero-order valence-electron chi connectivity index (χ0n) is 8.89. The molecular formula is C9H13N3O3. The number of carbonyl (C=O) groups is 1. The molecule has 0 aromatic carbocycles. The molecule has 1 aromatic rings. The predicted octanol–water partition coefficient (Wildman–Crippen LogP) is 0.178. The van der Waals surface area contributed by atoms with Crippen LogP contribution in [-0.4, -0.2) is 42.2 Å². The van der Waals surface area contributed by atoms with Crippen LogP contribution < -0.4 is 9.64 Å². The lowest BCUT2D eigenvalue weighted by molar-refractivity contribution is -0.136. The molecule has 0 amide bonds. The van der Waals surface area contributed by atoms with Crippen LogP contribution in [0.4, 0.5) is 5.95 Å². The Morgan fingerprint density at radius 2 is 2.27 bits per heavy atom. The number of carboxylic acid groups (broad SMARTS) is 1. The molecule has 0 atom stereocenters. The molecule has 1 heterocycles. The Morgan fingerprint density at radius 1 is 1.60 bits per heavy atom. The van der Waals surface area contributed by atoms with Crippen LogP contribution in [0.3, 0.4) is 0 Å². The molecule has 82 valence electrons. The first-order valence-corrected chi connectivity index (χ1v) is 4.33. The molecule has 1 aromatic heterocycles. The van der Waals surface area contributed by atoms with Crippen molar-refractivity contribution < 1.29 is 14.6 Å². The Labute approximate surface area is 87.5 Å². The number of anilines is 1. The predicted molar refractivity (Wildman–Crippen MR) is 54.3 cm³/mol. The molecule has 0 aliphatic heterocycles. The minimum atomic E-state index is -0.936. The topological polar surface area (TPSA) is 75.5 Å². The first-order valence-electron chi connectivity index (χ1n) is 4.33. The summed E-state index contributed by atoms with van der Waals surface area (Å²) in [5, 5.41) is 8.64. The van der Waals surface area contributed by atoms with Gasteiger partial charge in [0, 0.05) is 25.9 Å². The Morgan fingerprint density at radius 3 is 2.73 bits per heavy atom. The van der Waals surface area contributed by atoms with Crippen molar-refractivity contribution in [3.05, 3.63) is 11.8 Å². The molecular weight excluding hydrogens is 198 g/mol. The van der Waals surface area contributed by atoms with Gasteiger partial charge in [0.25, 0.3) is 0 Å².